The maximum absolute atomic E-state index is 12.2. The van der Waals surface area contributed by atoms with E-state index in [0.717, 1.165) is 12.2 Å². The van der Waals surface area contributed by atoms with E-state index in [-0.39, 0.29) is 25.0 Å². The average molecular weight is 296 g/mol. The highest BCUT2D eigenvalue weighted by Gasteiger charge is 2.30. The van der Waals surface area contributed by atoms with Crippen LogP contribution in [0.25, 0.3) is 0 Å². The molecule has 0 aromatic carbocycles. The summed E-state index contributed by atoms with van der Waals surface area (Å²) in [5.41, 5.74) is 0. The largest absolute Gasteiger partial charge is 0.481 e. The average Bonchev–Trinajstić information content (AvgIpc) is 2.95. The highest BCUT2D eigenvalue weighted by molar-refractivity contribution is 5.75. The zero-order chi connectivity index (χ0) is 15.2. The van der Waals surface area contributed by atoms with Crippen LogP contribution in [0.4, 0.5) is 4.79 Å². The molecule has 2 rings (SSSR count). The van der Waals surface area contributed by atoms with E-state index < -0.39 is 5.97 Å². The Kier molecular flexibility index (Phi) is 5.21. The lowest BCUT2D eigenvalue weighted by atomic mass is 10.2. The van der Waals surface area contributed by atoms with Gasteiger partial charge in [0.2, 0.25) is 0 Å². The number of rotatable bonds is 5. The fourth-order valence-electron chi connectivity index (χ4n) is 2.22. The van der Waals surface area contributed by atoms with Gasteiger partial charge >= 0.3 is 12.0 Å². The number of carbonyl (C=O) groups excluding carboxylic acids is 1. The van der Waals surface area contributed by atoms with Crippen molar-refractivity contribution in [2.45, 2.75) is 25.8 Å². The van der Waals surface area contributed by atoms with E-state index in [1.807, 2.05) is 19.1 Å². The minimum absolute atomic E-state index is 0.0958. The van der Waals surface area contributed by atoms with Gasteiger partial charge in [-0.1, -0.05) is 6.92 Å². The summed E-state index contributed by atoms with van der Waals surface area (Å²) in [7, 11) is 0. The first-order valence-electron chi connectivity index (χ1n) is 7.04. The van der Waals surface area contributed by atoms with Crippen LogP contribution in [0, 0.1) is 0 Å². The Morgan fingerprint density at radius 1 is 1.48 bits per heavy atom. The molecule has 1 unspecified atom stereocenters. The molecule has 1 aromatic heterocycles. The molecule has 0 saturated carbocycles. The number of amides is 2. The lowest BCUT2D eigenvalue weighted by Crippen LogP contribution is -2.48. The first kappa shape index (κ1) is 15.4. The van der Waals surface area contributed by atoms with Crippen molar-refractivity contribution in [2.75, 3.05) is 26.3 Å². The summed E-state index contributed by atoms with van der Waals surface area (Å²) in [5.74, 6) is 0.620. The van der Waals surface area contributed by atoms with Gasteiger partial charge in [-0.25, -0.2) is 4.79 Å². The fraction of sp³-hybridized carbons (Fsp3) is 0.571. The monoisotopic (exact) mass is 296 g/mol. The zero-order valence-electron chi connectivity index (χ0n) is 12.0. The van der Waals surface area contributed by atoms with Crippen LogP contribution < -0.4 is 5.32 Å². The van der Waals surface area contributed by atoms with E-state index in [0.29, 0.717) is 25.5 Å². The first-order chi connectivity index (χ1) is 10.1. The number of carboxylic acids is 1. The normalized spacial score (nSPS) is 18.5. The van der Waals surface area contributed by atoms with E-state index in [1.165, 1.54) is 0 Å². The Morgan fingerprint density at radius 2 is 2.29 bits per heavy atom. The van der Waals surface area contributed by atoms with Gasteiger partial charge in [0.15, 0.2) is 0 Å². The number of hydrogen-bond acceptors (Lipinski definition) is 4. The van der Waals surface area contributed by atoms with Crippen LogP contribution in [0.3, 0.4) is 0 Å². The molecule has 21 heavy (non-hydrogen) atoms. The van der Waals surface area contributed by atoms with Gasteiger partial charge < -0.3 is 24.5 Å². The number of carboxylic acid groups (broad SMARTS) is 1. The Labute approximate surface area is 122 Å². The molecule has 116 valence electrons. The standard InChI is InChI=1S/C14H20N2O5/c1-2-10-3-4-12(21-10)11-9-20-8-7-16(11)14(19)15-6-5-13(17)18/h3-4,11H,2,5-9H2,1H3,(H,15,19)(H,17,18). The van der Waals surface area contributed by atoms with Gasteiger partial charge in [-0.05, 0) is 12.1 Å². The lowest BCUT2D eigenvalue weighted by Gasteiger charge is -2.34. The molecular formula is C14H20N2O5. The van der Waals surface area contributed by atoms with E-state index in [4.69, 9.17) is 14.3 Å². The summed E-state index contributed by atoms with van der Waals surface area (Å²) >= 11 is 0. The third-order valence-corrected chi connectivity index (χ3v) is 3.36. The second-order valence-corrected chi connectivity index (χ2v) is 4.82. The minimum atomic E-state index is -0.938. The molecule has 7 heteroatoms. The predicted molar refractivity (Wildman–Crippen MR) is 74.0 cm³/mol. The highest BCUT2D eigenvalue weighted by Crippen LogP contribution is 2.26. The number of hydrogen-bond donors (Lipinski definition) is 2. The SMILES string of the molecule is CCc1ccc(C2COCCN2C(=O)NCCC(=O)O)o1. The quantitative estimate of drug-likeness (QED) is 0.857. The van der Waals surface area contributed by atoms with Gasteiger partial charge in [-0.15, -0.1) is 0 Å². The molecule has 0 spiro atoms. The molecule has 1 fully saturated rings. The number of urea groups is 1. The Hall–Kier alpha value is -2.02. The molecule has 0 aliphatic carbocycles. The number of furan rings is 1. The molecule has 1 aromatic rings. The number of morpholine rings is 1. The number of ether oxygens (including phenoxy) is 1. The molecule has 2 amide bonds. The summed E-state index contributed by atoms with van der Waals surface area (Å²) in [4.78, 5) is 24.3. The Bertz CT molecular complexity index is 499. The van der Waals surface area contributed by atoms with Gasteiger partial charge in [0.1, 0.15) is 17.6 Å². The van der Waals surface area contributed by atoms with E-state index in [2.05, 4.69) is 5.32 Å². The van der Waals surface area contributed by atoms with Crippen molar-refractivity contribution < 1.29 is 23.8 Å². The maximum Gasteiger partial charge on any atom is 0.318 e. The molecule has 0 bridgehead atoms. The first-order valence-corrected chi connectivity index (χ1v) is 7.04. The molecule has 1 aliphatic rings. The van der Waals surface area contributed by atoms with Crippen LogP contribution in [-0.4, -0.2) is 48.3 Å². The van der Waals surface area contributed by atoms with Gasteiger partial charge in [-0.2, -0.15) is 0 Å². The van der Waals surface area contributed by atoms with Crippen LogP contribution in [0.15, 0.2) is 16.5 Å². The molecule has 0 radical (unpaired) electrons. The fourth-order valence-corrected chi connectivity index (χ4v) is 2.22. The second kappa shape index (κ2) is 7.12. The Balaban J connectivity index is 2.00. The van der Waals surface area contributed by atoms with Crippen molar-refractivity contribution >= 4 is 12.0 Å². The van der Waals surface area contributed by atoms with E-state index in [9.17, 15) is 9.59 Å². The van der Waals surface area contributed by atoms with Crippen molar-refractivity contribution in [1.29, 1.82) is 0 Å². The van der Waals surface area contributed by atoms with Gasteiger partial charge in [0.25, 0.3) is 0 Å². The molecule has 2 N–H and O–H groups in total. The summed E-state index contributed by atoms with van der Waals surface area (Å²) in [6, 6.07) is 3.18. The van der Waals surface area contributed by atoms with Crippen LogP contribution in [-0.2, 0) is 16.0 Å². The van der Waals surface area contributed by atoms with E-state index in [1.54, 1.807) is 4.90 Å². The van der Waals surface area contributed by atoms with Crippen LogP contribution >= 0.6 is 0 Å². The summed E-state index contributed by atoms with van der Waals surface area (Å²) in [6.07, 6.45) is 0.694. The van der Waals surface area contributed by atoms with E-state index >= 15 is 0 Å². The number of nitrogens with zero attached hydrogens (tertiary/aromatic N) is 1. The summed E-state index contributed by atoms with van der Waals surface area (Å²) in [5, 5.41) is 11.2. The zero-order valence-corrected chi connectivity index (χ0v) is 12.0. The number of aryl methyl sites for hydroxylation is 1. The van der Waals surface area contributed by atoms with Gasteiger partial charge in [-0.3, -0.25) is 4.79 Å². The minimum Gasteiger partial charge on any atom is -0.481 e. The molecule has 1 atom stereocenters. The highest BCUT2D eigenvalue weighted by atomic mass is 16.5. The maximum atomic E-state index is 12.2. The number of aliphatic carboxylic acids is 1. The predicted octanol–water partition coefficient (Wildman–Crippen LogP) is 1.40. The summed E-state index contributed by atoms with van der Waals surface area (Å²) in [6.45, 7) is 3.39. The lowest BCUT2D eigenvalue weighted by molar-refractivity contribution is -0.136. The van der Waals surface area contributed by atoms with Crippen LogP contribution in [0.2, 0.25) is 0 Å². The van der Waals surface area contributed by atoms with Gasteiger partial charge in [0.05, 0.1) is 19.6 Å². The Morgan fingerprint density at radius 3 is 2.95 bits per heavy atom. The van der Waals surface area contributed by atoms with Gasteiger partial charge in [0, 0.05) is 19.5 Å². The smallest absolute Gasteiger partial charge is 0.318 e. The van der Waals surface area contributed by atoms with Crippen molar-refractivity contribution in [2.24, 2.45) is 0 Å². The van der Waals surface area contributed by atoms with Crippen LogP contribution in [0.1, 0.15) is 30.9 Å². The summed E-state index contributed by atoms with van der Waals surface area (Å²) < 4.78 is 11.1. The van der Waals surface area contributed by atoms with Crippen molar-refractivity contribution in [3.8, 4) is 0 Å². The van der Waals surface area contributed by atoms with Crippen molar-refractivity contribution in [1.82, 2.24) is 10.2 Å². The van der Waals surface area contributed by atoms with Crippen molar-refractivity contribution in [3.05, 3.63) is 23.7 Å². The third-order valence-electron chi connectivity index (χ3n) is 3.36. The molecule has 1 aliphatic heterocycles. The second-order valence-electron chi connectivity index (χ2n) is 4.82. The molecule has 2 heterocycles. The molecular weight excluding hydrogens is 276 g/mol. The third kappa shape index (κ3) is 3.98. The molecule has 7 nitrogen and oxygen atoms in total. The van der Waals surface area contributed by atoms with Crippen molar-refractivity contribution in [3.63, 3.8) is 0 Å². The topological polar surface area (TPSA) is 92.0 Å². The van der Waals surface area contributed by atoms with Crippen LogP contribution in [0.5, 0.6) is 0 Å². The molecule has 1 saturated heterocycles. The number of nitrogens with one attached hydrogen (secondary N) is 1. The number of carbonyl (C=O) groups is 2.